The van der Waals surface area contributed by atoms with Crippen molar-refractivity contribution >= 4 is 9.84 Å². The molecule has 118 valence electrons. The molecule has 5 heteroatoms. The number of benzene rings is 1. The van der Waals surface area contributed by atoms with Crippen LogP contribution in [0, 0.1) is 0 Å². The summed E-state index contributed by atoms with van der Waals surface area (Å²) in [6.45, 7) is 4.43. The molecule has 0 bridgehead atoms. The van der Waals surface area contributed by atoms with Gasteiger partial charge in [0.2, 0.25) is 0 Å². The molecule has 0 aliphatic carbocycles. The minimum absolute atomic E-state index is 0.246. The number of sulfone groups is 1. The van der Waals surface area contributed by atoms with Crippen LogP contribution in [-0.4, -0.2) is 51.0 Å². The summed E-state index contributed by atoms with van der Waals surface area (Å²) in [6, 6.07) is 9.02. The maximum Gasteiger partial charge on any atom is 0.150 e. The zero-order valence-corrected chi connectivity index (χ0v) is 13.8. The van der Waals surface area contributed by atoms with E-state index in [1.54, 1.807) is 6.92 Å². The second-order valence-electron chi connectivity index (χ2n) is 5.74. The summed E-state index contributed by atoms with van der Waals surface area (Å²) in [5, 5.41) is 3.26. The fourth-order valence-corrected chi connectivity index (χ4v) is 3.83. The maximum atomic E-state index is 11.6. The Labute approximate surface area is 128 Å². The lowest BCUT2D eigenvalue weighted by Crippen LogP contribution is -2.46. The van der Waals surface area contributed by atoms with E-state index in [4.69, 9.17) is 0 Å². The van der Waals surface area contributed by atoms with Crippen LogP contribution in [0.4, 0.5) is 0 Å². The van der Waals surface area contributed by atoms with E-state index in [-0.39, 0.29) is 5.75 Å². The van der Waals surface area contributed by atoms with Gasteiger partial charge in [0.1, 0.15) is 9.84 Å². The predicted octanol–water partition coefficient (Wildman–Crippen LogP) is 1.46. The van der Waals surface area contributed by atoms with Crippen LogP contribution >= 0.6 is 0 Å². The average molecular weight is 310 g/mol. The molecule has 1 unspecified atom stereocenters. The molecule has 0 saturated carbocycles. The van der Waals surface area contributed by atoms with Crippen LogP contribution in [0.1, 0.15) is 24.5 Å². The smallest absolute Gasteiger partial charge is 0.150 e. The monoisotopic (exact) mass is 310 g/mol. The van der Waals surface area contributed by atoms with Gasteiger partial charge in [-0.25, -0.2) is 8.42 Å². The van der Waals surface area contributed by atoms with Crippen LogP contribution < -0.4 is 5.32 Å². The lowest BCUT2D eigenvalue weighted by Gasteiger charge is -2.37. The van der Waals surface area contributed by atoms with Crippen molar-refractivity contribution in [2.24, 2.45) is 0 Å². The number of rotatable bonds is 7. The first-order valence-electron chi connectivity index (χ1n) is 7.71. The maximum absolute atomic E-state index is 11.6. The molecular formula is C16H26N2O2S. The van der Waals surface area contributed by atoms with E-state index in [0.717, 1.165) is 32.5 Å². The molecule has 1 aliphatic heterocycles. The van der Waals surface area contributed by atoms with Crippen molar-refractivity contribution in [3.8, 4) is 0 Å². The number of nitrogens with one attached hydrogen (secondary N) is 1. The molecule has 1 N–H and O–H groups in total. The van der Waals surface area contributed by atoms with Gasteiger partial charge in [-0.15, -0.1) is 0 Å². The van der Waals surface area contributed by atoms with Gasteiger partial charge >= 0.3 is 0 Å². The van der Waals surface area contributed by atoms with Crippen LogP contribution in [0.2, 0.25) is 0 Å². The van der Waals surface area contributed by atoms with E-state index in [1.165, 1.54) is 11.1 Å². The summed E-state index contributed by atoms with van der Waals surface area (Å²) in [5.74, 6) is 0.545. The fraction of sp³-hybridized carbons (Fsp3) is 0.625. The zero-order chi connectivity index (χ0) is 15.3. The van der Waals surface area contributed by atoms with E-state index in [0.29, 0.717) is 11.8 Å². The SMILES string of the molecule is CCS(=O)(=O)CCCN1Cc2ccccc2CC1CNC. The molecule has 4 nitrogen and oxygen atoms in total. The summed E-state index contributed by atoms with van der Waals surface area (Å²) in [5.41, 5.74) is 2.80. The van der Waals surface area contributed by atoms with Crippen molar-refractivity contribution in [1.82, 2.24) is 10.2 Å². The Kier molecular flexibility index (Phi) is 5.79. The molecule has 0 fully saturated rings. The van der Waals surface area contributed by atoms with Crippen LogP contribution in [0.3, 0.4) is 0 Å². The topological polar surface area (TPSA) is 49.4 Å². The highest BCUT2D eigenvalue weighted by atomic mass is 32.2. The molecule has 2 rings (SSSR count). The molecule has 1 aromatic carbocycles. The Morgan fingerprint density at radius 1 is 1.29 bits per heavy atom. The van der Waals surface area contributed by atoms with Gasteiger partial charge in [0, 0.05) is 24.9 Å². The van der Waals surface area contributed by atoms with Gasteiger partial charge in [-0.05, 0) is 37.6 Å². The first-order valence-corrected chi connectivity index (χ1v) is 9.53. The molecule has 0 saturated heterocycles. The molecule has 0 spiro atoms. The Bertz CT molecular complexity index is 557. The van der Waals surface area contributed by atoms with E-state index >= 15 is 0 Å². The summed E-state index contributed by atoms with van der Waals surface area (Å²) in [6.07, 6.45) is 1.76. The van der Waals surface area contributed by atoms with Gasteiger partial charge in [-0.2, -0.15) is 0 Å². The van der Waals surface area contributed by atoms with Crippen molar-refractivity contribution < 1.29 is 8.42 Å². The van der Waals surface area contributed by atoms with Gasteiger partial charge in [0.15, 0.2) is 0 Å². The summed E-state index contributed by atoms with van der Waals surface area (Å²) < 4.78 is 23.2. The molecule has 1 aliphatic rings. The minimum Gasteiger partial charge on any atom is -0.318 e. The lowest BCUT2D eigenvalue weighted by molar-refractivity contribution is 0.170. The van der Waals surface area contributed by atoms with E-state index in [1.807, 2.05) is 7.05 Å². The molecule has 0 radical (unpaired) electrons. The van der Waals surface area contributed by atoms with Crippen LogP contribution in [0.25, 0.3) is 0 Å². The van der Waals surface area contributed by atoms with Crippen molar-refractivity contribution in [2.75, 3.05) is 31.6 Å². The van der Waals surface area contributed by atoms with Gasteiger partial charge in [0.05, 0.1) is 5.75 Å². The fourth-order valence-electron chi connectivity index (χ4n) is 2.97. The van der Waals surface area contributed by atoms with Gasteiger partial charge < -0.3 is 5.32 Å². The van der Waals surface area contributed by atoms with E-state index in [2.05, 4.69) is 34.5 Å². The third-order valence-electron chi connectivity index (χ3n) is 4.24. The van der Waals surface area contributed by atoms with E-state index < -0.39 is 9.84 Å². The average Bonchev–Trinajstić information content (AvgIpc) is 2.48. The highest BCUT2D eigenvalue weighted by Crippen LogP contribution is 2.23. The molecular weight excluding hydrogens is 284 g/mol. The van der Waals surface area contributed by atoms with E-state index in [9.17, 15) is 8.42 Å². The van der Waals surface area contributed by atoms with Gasteiger partial charge in [-0.1, -0.05) is 31.2 Å². The molecule has 1 atom stereocenters. The highest BCUT2D eigenvalue weighted by Gasteiger charge is 2.25. The number of likely N-dealkylation sites (N-methyl/N-ethyl adjacent to an activating group) is 1. The van der Waals surface area contributed by atoms with Gasteiger partial charge in [-0.3, -0.25) is 4.90 Å². The molecule has 0 aromatic heterocycles. The standard InChI is InChI=1S/C16H26N2O2S/c1-3-21(19,20)10-6-9-18-13-15-8-5-4-7-14(15)11-16(18)12-17-2/h4-5,7-8,16-17H,3,6,9-13H2,1-2H3. The van der Waals surface area contributed by atoms with Crippen molar-refractivity contribution in [3.05, 3.63) is 35.4 Å². The summed E-state index contributed by atoms with van der Waals surface area (Å²) in [4.78, 5) is 2.42. The molecule has 21 heavy (non-hydrogen) atoms. The summed E-state index contributed by atoms with van der Waals surface area (Å²) >= 11 is 0. The molecule has 1 heterocycles. The Morgan fingerprint density at radius 3 is 2.67 bits per heavy atom. The van der Waals surface area contributed by atoms with Crippen molar-refractivity contribution in [1.29, 1.82) is 0 Å². The normalized spacial score (nSPS) is 19.4. The first kappa shape index (κ1) is 16.5. The lowest BCUT2D eigenvalue weighted by atomic mass is 9.94. The number of hydrogen-bond acceptors (Lipinski definition) is 4. The summed E-state index contributed by atoms with van der Waals surface area (Å²) in [7, 11) is -0.880. The third kappa shape index (κ3) is 4.53. The minimum atomic E-state index is -2.85. The number of nitrogens with zero attached hydrogens (tertiary/aromatic N) is 1. The Morgan fingerprint density at radius 2 is 2.00 bits per heavy atom. The second-order valence-corrected chi connectivity index (χ2v) is 8.22. The van der Waals surface area contributed by atoms with Crippen LogP contribution in [0.15, 0.2) is 24.3 Å². The number of hydrogen-bond donors (Lipinski definition) is 1. The van der Waals surface area contributed by atoms with Gasteiger partial charge in [0.25, 0.3) is 0 Å². The highest BCUT2D eigenvalue weighted by molar-refractivity contribution is 7.91. The Balaban J connectivity index is 2.00. The number of fused-ring (bicyclic) bond motifs is 1. The van der Waals surface area contributed by atoms with Crippen LogP contribution in [-0.2, 0) is 22.8 Å². The van der Waals surface area contributed by atoms with Crippen molar-refractivity contribution in [3.63, 3.8) is 0 Å². The molecule has 0 amide bonds. The molecule has 1 aromatic rings. The second kappa shape index (κ2) is 7.38. The van der Waals surface area contributed by atoms with Crippen LogP contribution in [0.5, 0.6) is 0 Å². The largest absolute Gasteiger partial charge is 0.318 e. The zero-order valence-electron chi connectivity index (χ0n) is 13.0. The van der Waals surface area contributed by atoms with Crippen molar-refractivity contribution in [2.45, 2.75) is 32.4 Å². The third-order valence-corrected chi connectivity index (χ3v) is 6.03. The quantitative estimate of drug-likeness (QED) is 0.828. The first-order chi connectivity index (χ1) is 10.1. The Hall–Kier alpha value is -0.910. The predicted molar refractivity (Wildman–Crippen MR) is 87.2 cm³/mol.